The van der Waals surface area contributed by atoms with E-state index in [2.05, 4.69) is 18.9 Å². The number of carbonyl (C=O) groups is 1. The minimum Gasteiger partial charge on any atom is -0.410 e. The van der Waals surface area contributed by atoms with Gasteiger partial charge < -0.3 is 19.3 Å². The molecule has 1 amide bonds. The first kappa shape index (κ1) is 26.9. The van der Waals surface area contributed by atoms with E-state index in [0.717, 1.165) is 38.7 Å². The first-order valence-corrected chi connectivity index (χ1v) is 12.9. The van der Waals surface area contributed by atoms with Gasteiger partial charge in [0.2, 0.25) is 0 Å². The largest absolute Gasteiger partial charge is 0.415 e. The lowest BCUT2D eigenvalue weighted by atomic mass is 9.92. The van der Waals surface area contributed by atoms with Crippen molar-refractivity contribution in [1.82, 2.24) is 9.80 Å². The van der Waals surface area contributed by atoms with Gasteiger partial charge in [0.25, 0.3) is 0 Å². The van der Waals surface area contributed by atoms with E-state index >= 15 is 0 Å². The van der Waals surface area contributed by atoms with Gasteiger partial charge in [-0.15, -0.1) is 0 Å². The van der Waals surface area contributed by atoms with Crippen LogP contribution in [-0.4, -0.2) is 61.8 Å². The number of hydrogen-bond donors (Lipinski definition) is 0. The summed E-state index contributed by atoms with van der Waals surface area (Å²) < 4.78 is 11.6. The van der Waals surface area contributed by atoms with Crippen molar-refractivity contribution in [2.75, 3.05) is 33.8 Å². The number of carbonyl (C=O) groups excluding carboxylic acids is 1. The van der Waals surface area contributed by atoms with E-state index in [1.54, 1.807) is 29.2 Å². The van der Waals surface area contributed by atoms with Gasteiger partial charge in [-0.3, -0.25) is 0 Å². The number of hydrogen-bond acceptors (Lipinski definition) is 4. The third kappa shape index (κ3) is 10.5. The normalized spacial score (nSPS) is 18.7. The van der Waals surface area contributed by atoms with Gasteiger partial charge in [0, 0.05) is 24.7 Å². The zero-order valence-electron chi connectivity index (χ0n) is 20.4. The number of rotatable bonds is 14. The highest BCUT2D eigenvalue weighted by molar-refractivity contribution is 6.30. The molecule has 1 fully saturated rings. The summed E-state index contributed by atoms with van der Waals surface area (Å²) in [6.07, 6.45) is 12.9. The minimum absolute atomic E-state index is 0.212. The summed E-state index contributed by atoms with van der Waals surface area (Å²) >= 11 is 5.88. The van der Waals surface area contributed by atoms with Crippen molar-refractivity contribution in [2.45, 2.75) is 89.7 Å². The molecule has 1 aliphatic carbocycles. The van der Waals surface area contributed by atoms with E-state index in [0.29, 0.717) is 16.9 Å². The van der Waals surface area contributed by atoms with Crippen LogP contribution in [0.2, 0.25) is 5.02 Å². The van der Waals surface area contributed by atoms with Crippen molar-refractivity contribution < 1.29 is 14.3 Å². The van der Waals surface area contributed by atoms with Crippen molar-refractivity contribution in [1.29, 1.82) is 0 Å². The predicted octanol–water partition coefficient (Wildman–Crippen LogP) is 6.78. The Kier molecular flexibility index (Phi) is 13.1. The monoisotopic (exact) mass is 466 g/mol. The molecular formula is C26H43ClN2O3. The van der Waals surface area contributed by atoms with Gasteiger partial charge in [0.15, 0.2) is 0 Å². The Morgan fingerprint density at radius 3 is 2.22 bits per heavy atom. The average Bonchev–Trinajstić information content (AvgIpc) is 2.80. The molecule has 5 nitrogen and oxygen atoms in total. The second-order valence-electron chi connectivity index (χ2n) is 9.16. The summed E-state index contributed by atoms with van der Waals surface area (Å²) in [5, 5.41) is 0.627. The highest BCUT2D eigenvalue weighted by Gasteiger charge is 2.27. The molecule has 32 heavy (non-hydrogen) atoms. The lowest BCUT2D eigenvalue weighted by Gasteiger charge is -2.34. The van der Waals surface area contributed by atoms with Gasteiger partial charge in [0.05, 0.1) is 6.10 Å². The van der Waals surface area contributed by atoms with Crippen molar-refractivity contribution >= 4 is 17.7 Å². The van der Waals surface area contributed by atoms with Crippen LogP contribution in [0.4, 0.5) is 4.79 Å². The zero-order chi connectivity index (χ0) is 23.2. The number of benzene rings is 1. The van der Waals surface area contributed by atoms with Gasteiger partial charge in [-0.2, -0.15) is 0 Å². The van der Waals surface area contributed by atoms with Gasteiger partial charge in [-0.25, -0.2) is 4.79 Å². The maximum atomic E-state index is 12.4. The first-order chi connectivity index (χ1) is 15.5. The zero-order valence-corrected chi connectivity index (χ0v) is 21.1. The van der Waals surface area contributed by atoms with E-state index < -0.39 is 0 Å². The number of nitrogens with zero attached hydrogens (tertiary/aromatic N) is 2. The topological polar surface area (TPSA) is 42.0 Å². The molecule has 1 aromatic rings. The number of halogens is 1. The highest BCUT2D eigenvalue weighted by atomic mass is 35.5. The standard InChI is InChI=1S/C26H43ClN2O3/c1-4-5-8-19-28(2)20-9-6-7-10-21-31-24-17-13-23(14-18-24)29(3)26(30)32-25-15-11-22(27)12-16-25/h11-12,15-16,23-24H,4-10,13-14,17-21H2,1-3H3/t23-,24-. The molecule has 0 saturated heterocycles. The Morgan fingerprint density at radius 1 is 0.938 bits per heavy atom. The Hall–Kier alpha value is -1.30. The van der Waals surface area contributed by atoms with Crippen LogP contribution >= 0.6 is 11.6 Å². The molecule has 1 aliphatic rings. The number of ether oxygens (including phenoxy) is 2. The van der Waals surface area contributed by atoms with E-state index in [1.807, 2.05) is 7.05 Å². The Morgan fingerprint density at radius 2 is 1.56 bits per heavy atom. The SMILES string of the molecule is CCCCCN(C)CCCCCCO[C@H]1CC[C@H](N(C)C(=O)Oc2ccc(Cl)cc2)CC1. The quantitative estimate of drug-likeness (QED) is 0.283. The predicted molar refractivity (Wildman–Crippen MR) is 133 cm³/mol. The van der Waals surface area contributed by atoms with Crippen LogP contribution in [-0.2, 0) is 4.74 Å². The van der Waals surface area contributed by atoms with E-state index in [1.165, 1.54) is 51.6 Å². The smallest absolute Gasteiger partial charge is 0.410 e. The molecule has 0 atom stereocenters. The summed E-state index contributed by atoms with van der Waals surface area (Å²) in [5.74, 6) is 0.520. The van der Waals surface area contributed by atoms with Crippen LogP contribution in [0.1, 0.15) is 77.6 Å². The van der Waals surface area contributed by atoms with Crippen LogP contribution < -0.4 is 4.74 Å². The van der Waals surface area contributed by atoms with Crippen LogP contribution in [0.5, 0.6) is 5.75 Å². The maximum absolute atomic E-state index is 12.4. The van der Waals surface area contributed by atoms with E-state index in [-0.39, 0.29) is 12.1 Å². The molecule has 6 heteroatoms. The molecule has 182 valence electrons. The molecule has 0 bridgehead atoms. The third-order valence-electron chi connectivity index (χ3n) is 6.43. The van der Waals surface area contributed by atoms with Gasteiger partial charge in [0.1, 0.15) is 5.75 Å². The van der Waals surface area contributed by atoms with E-state index in [4.69, 9.17) is 21.1 Å². The van der Waals surface area contributed by atoms with Gasteiger partial charge in [-0.1, -0.05) is 44.2 Å². The summed E-state index contributed by atoms with van der Waals surface area (Å²) in [7, 11) is 4.06. The highest BCUT2D eigenvalue weighted by Crippen LogP contribution is 2.26. The van der Waals surface area contributed by atoms with Crippen LogP contribution in [0.3, 0.4) is 0 Å². The van der Waals surface area contributed by atoms with Gasteiger partial charge >= 0.3 is 6.09 Å². The fourth-order valence-electron chi connectivity index (χ4n) is 4.25. The first-order valence-electron chi connectivity index (χ1n) is 12.5. The molecule has 0 aromatic heterocycles. The molecule has 0 spiro atoms. The molecule has 0 unspecified atom stereocenters. The van der Waals surface area contributed by atoms with Crippen molar-refractivity contribution in [3.05, 3.63) is 29.3 Å². The summed E-state index contributed by atoms with van der Waals surface area (Å²) in [6, 6.07) is 7.08. The van der Waals surface area contributed by atoms with Crippen LogP contribution in [0.25, 0.3) is 0 Å². The summed E-state index contributed by atoms with van der Waals surface area (Å²) in [4.78, 5) is 16.6. The molecule has 0 N–H and O–H groups in total. The molecule has 0 heterocycles. The second kappa shape index (κ2) is 15.5. The second-order valence-corrected chi connectivity index (χ2v) is 9.60. The lowest BCUT2D eigenvalue weighted by Crippen LogP contribution is -2.42. The molecular weight excluding hydrogens is 424 g/mol. The molecule has 0 radical (unpaired) electrons. The Bertz CT molecular complexity index is 632. The Labute approximate surface area is 200 Å². The number of unbranched alkanes of at least 4 members (excludes halogenated alkanes) is 5. The van der Waals surface area contributed by atoms with E-state index in [9.17, 15) is 4.79 Å². The number of amides is 1. The fraction of sp³-hybridized carbons (Fsp3) is 0.731. The van der Waals surface area contributed by atoms with Crippen molar-refractivity contribution in [3.63, 3.8) is 0 Å². The van der Waals surface area contributed by atoms with Crippen molar-refractivity contribution in [3.8, 4) is 5.75 Å². The molecule has 0 aliphatic heterocycles. The average molecular weight is 467 g/mol. The summed E-state index contributed by atoms with van der Waals surface area (Å²) in [6.45, 7) is 5.55. The maximum Gasteiger partial charge on any atom is 0.415 e. The fourth-order valence-corrected chi connectivity index (χ4v) is 4.38. The third-order valence-corrected chi connectivity index (χ3v) is 6.68. The minimum atomic E-state index is -0.312. The molecule has 1 saturated carbocycles. The lowest BCUT2D eigenvalue weighted by molar-refractivity contribution is 0.0104. The molecule has 1 aromatic carbocycles. The van der Waals surface area contributed by atoms with Gasteiger partial charge in [-0.05, 0) is 89.3 Å². The molecule has 2 rings (SSSR count). The van der Waals surface area contributed by atoms with Crippen LogP contribution in [0, 0.1) is 0 Å². The van der Waals surface area contributed by atoms with Crippen molar-refractivity contribution in [2.24, 2.45) is 0 Å². The van der Waals surface area contributed by atoms with Crippen LogP contribution in [0.15, 0.2) is 24.3 Å². The summed E-state index contributed by atoms with van der Waals surface area (Å²) in [5.41, 5.74) is 0. The Balaban J connectivity index is 1.50.